The Morgan fingerprint density at radius 1 is 1.33 bits per heavy atom. The van der Waals surface area contributed by atoms with Gasteiger partial charge in [-0.3, -0.25) is 0 Å². The van der Waals surface area contributed by atoms with E-state index < -0.39 is 0 Å². The highest BCUT2D eigenvalue weighted by atomic mass is 16.5. The number of rotatable bonds is 7. The van der Waals surface area contributed by atoms with Gasteiger partial charge in [0.05, 0.1) is 19.3 Å². The van der Waals surface area contributed by atoms with E-state index in [9.17, 15) is 4.79 Å². The molecule has 0 aliphatic carbocycles. The molecular formula is C20H32N4O3. The first-order valence-electron chi connectivity index (χ1n) is 10.2. The highest BCUT2D eigenvalue weighted by molar-refractivity contribution is 5.74. The lowest BCUT2D eigenvalue weighted by Crippen LogP contribution is -2.45. The quantitative estimate of drug-likeness (QED) is 0.792. The number of nitrogens with one attached hydrogen (secondary N) is 1. The van der Waals surface area contributed by atoms with Crippen LogP contribution in [0.15, 0.2) is 18.3 Å². The van der Waals surface area contributed by atoms with Crippen LogP contribution in [0.2, 0.25) is 0 Å². The molecule has 0 saturated carbocycles. The van der Waals surface area contributed by atoms with Crippen molar-refractivity contribution in [2.75, 3.05) is 50.9 Å². The minimum absolute atomic E-state index is 0.0252. The van der Waals surface area contributed by atoms with Crippen LogP contribution in [0.4, 0.5) is 10.6 Å². The number of carbonyl (C=O) groups is 1. The summed E-state index contributed by atoms with van der Waals surface area (Å²) in [4.78, 5) is 21.4. The van der Waals surface area contributed by atoms with Crippen LogP contribution in [-0.4, -0.2) is 68.0 Å². The van der Waals surface area contributed by atoms with Crippen molar-refractivity contribution in [1.82, 2.24) is 15.2 Å². The molecule has 1 aromatic heterocycles. The number of urea groups is 1. The van der Waals surface area contributed by atoms with Gasteiger partial charge in [0.25, 0.3) is 0 Å². The number of hydrogen-bond donors (Lipinski definition) is 1. The third-order valence-electron chi connectivity index (χ3n) is 5.09. The molecule has 1 N–H and O–H groups in total. The van der Waals surface area contributed by atoms with Crippen molar-refractivity contribution in [3.63, 3.8) is 0 Å². The van der Waals surface area contributed by atoms with E-state index >= 15 is 0 Å². The Hall–Kier alpha value is -1.86. The van der Waals surface area contributed by atoms with E-state index in [2.05, 4.69) is 22.1 Å². The monoisotopic (exact) mass is 376 g/mol. The first kappa shape index (κ1) is 19.9. The molecule has 7 nitrogen and oxygen atoms in total. The fourth-order valence-electron chi connectivity index (χ4n) is 3.65. The van der Waals surface area contributed by atoms with Crippen LogP contribution in [0.25, 0.3) is 0 Å². The Bertz CT molecular complexity index is 586. The van der Waals surface area contributed by atoms with Gasteiger partial charge in [-0.15, -0.1) is 0 Å². The predicted molar refractivity (Wildman–Crippen MR) is 105 cm³/mol. The minimum atomic E-state index is -0.0252. The number of anilines is 1. The molecule has 1 atom stereocenters. The molecule has 2 saturated heterocycles. The molecule has 2 aliphatic heterocycles. The Morgan fingerprint density at radius 3 is 2.93 bits per heavy atom. The number of ether oxygens (including phenoxy) is 2. The summed E-state index contributed by atoms with van der Waals surface area (Å²) >= 11 is 0. The maximum atomic E-state index is 12.8. The van der Waals surface area contributed by atoms with Gasteiger partial charge >= 0.3 is 6.03 Å². The summed E-state index contributed by atoms with van der Waals surface area (Å²) in [6.07, 6.45) is 6.26. The maximum Gasteiger partial charge on any atom is 0.317 e. The number of nitrogens with zero attached hydrogens (tertiary/aromatic N) is 3. The van der Waals surface area contributed by atoms with Crippen LogP contribution in [0.1, 0.15) is 38.2 Å². The topological polar surface area (TPSA) is 66.9 Å². The number of carbonyl (C=O) groups excluding carboxylic acids is 1. The fraction of sp³-hybridized carbons (Fsp3) is 0.700. The van der Waals surface area contributed by atoms with E-state index in [1.54, 1.807) is 6.20 Å². The van der Waals surface area contributed by atoms with Crippen molar-refractivity contribution >= 4 is 11.8 Å². The Balaban J connectivity index is 1.58. The third kappa shape index (κ3) is 5.81. The van der Waals surface area contributed by atoms with Gasteiger partial charge in [0.2, 0.25) is 0 Å². The molecule has 3 rings (SSSR count). The SMILES string of the molecule is CCCN(CC1CCCCO1)C(=O)NCc1cccnc1N1CCOCC1. The molecule has 3 heterocycles. The van der Waals surface area contributed by atoms with Crippen molar-refractivity contribution < 1.29 is 14.3 Å². The molecule has 2 fully saturated rings. The van der Waals surface area contributed by atoms with E-state index in [4.69, 9.17) is 9.47 Å². The lowest BCUT2D eigenvalue weighted by atomic mass is 10.1. The summed E-state index contributed by atoms with van der Waals surface area (Å²) in [6, 6.07) is 3.93. The van der Waals surface area contributed by atoms with Crippen molar-refractivity contribution in [1.29, 1.82) is 0 Å². The smallest absolute Gasteiger partial charge is 0.317 e. The lowest BCUT2D eigenvalue weighted by Gasteiger charge is -2.31. The average Bonchev–Trinajstić information content (AvgIpc) is 2.73. The first-order chi connectivity index (χ1) is 13.3. The third-order valence-corrected chi connectivity index (χ3v) is 5.09. The predicted octanol–water partition coefficient (Wildman–Crippen LogP) is 2.41. The highest BCUT2D eigenvalue weighted by Crippen LogP contribution is 2.19. The standard InChI is InChI=1S/C20H32N4O3/c1-2-9-24(16-18-7-3-4-12-27-18)20(25)22-15-17-6-5-8-21-19(17)23-10-13-26-14-11-23/h5-6,8,18H,2-4,7,9-16H2,1H3,(H,22,25). The molecule has 1 aromatic rings. The van der Waals surface area contributed by atoms with Crippen molar-refractivity contribution in [2.24, 2.45) is 0 Å². The highest BCUT2D eigenvalue weighted by Gasteiger charge is 2.22. The zero-order chi connectivity index (χ0) is 18.9. The molecule has 0 radical (unpaired) electrons. The van der Waals surface area contributed by atoms with Gasteiger partial charge in [0.1, 0.15) is 5.82 Å². The molecular weight excluding hydrogens is 344 g/mol. The number of morpholine rings is 1. The Morgan fingerprint density at radius 2 is 2.19 bits per heavy atom. The Kier molecular flexibility index (Phi) is 7.71. The van der Waals surface area contributed by atoms with Crippen LogP contribution in [0.5, 0.6) is 0 Å². The second-order valence-corrected chi connectivity index (χ2v) is 7.18. The van der Waals surface area contributed by atoms with Gasteiger partial charge in [-0.2, -0.15) is 0 Å². The summed E-state index contributed by atoms with van der Waals surface area (Å²) in [5.41, 5.74) is 1.04. The molecule has 0 spiro atoms. The number of amides is 2. The lowest BCUT2D eigenvalue weighted by molar-refractivity contribution is 0.000696. The van der Waals surface area contributed by atoms with Gasteiger partial charge in [0.15, 0.2) is 0 Å². The molecule has 150 valence electrons. The minimum Gasteiger partial charge on any atom is -0.378 e. The number of pyridine rings is 1. The van der Waals surface area contributed by atoms with Gasteiger partial charge in [0, 0.05) is 51.1 Å². The molecule has 2 amide bonds. The molecule has 0 bridgehead atoms. The van der Waals surface area contributed by atoms with Crippen LogP contribution in [-0.2, 0) is 16.0 Å². The molecule has 27 heavy (non-hydrogen) atoms. The zero-order valence-electron chi connectivity index (χ0n) is 16.4. The first-order valence-corrected chi connectivity index (χ1v) is 10.2. The van der Waals surface area contributed by atoms with E-state index in [0.29, 0.717) is 26.3 Å². The fourth-order valence-corrected chi connectivity index (χ4v) is 3.65. The summed E-state index contributed by atoms with van der Waals surface area (Å²) in [5, 5.41) is 3.09. The molecule has 2 aliphatic rings. The van der Waals surface area contributed by atoms with Crippen molar-refractivity contribution in [3.8, 4) is 0 Å². The largest absolute Gasteiger partial charge is 0.378 e. The van der Waals surface area contributed by atoms with E-state index in [-0.39, 0.29) is 12.1 Å². The second kappa shape index (κ2) is 10.5. The summed E-state index contributed by atoms with van der Waals surface area (Å²) < 4.78 is 11.2. The van der Waals surface area contributed by atoms with Crippen molar-refractivity contribution in [3.05, 3.63) is 23.9 Å². The van der Waals surface area contributed by atoms with Crippen LogP contribution < -0.4 is 10.2 Å². The molecule has 1 unspecified atom stereocenters. The number of aromatic nitrogens is 1. The van der Waals surface area contributed by atoms with Crippen LogP contribution in [0, 0.1) is 0 Å². The van der Waals surface area contributed by atoms with E-state index in [1.165, 1.54) is 6.42 Å². The Labute approximate surface area is 162 Å². The number of hydrogen-bond acceptors (Lipinski definition) is 5. The second-order valence-electron chi connectivity index (χ2n) is 7.18. The summed E-state index contributed by atoms with van der Waals surface area (Å²) in [6.45, 7) is 7.90. The summed E-state index contributed by atoms with van der Waals surface area (Å²) in [7, 11) is 0. The summed E-state index contributed by atoms with van der Waals surface area (Å²) in [5.74, 6) is 0.943. The molecule has 7 heteroatoms. The van der Waals surface area contributed by atoms with Gasteiger partial charge in [-0.1, -0.05) is 13.0 Å². The van der Waals surface area contributed by atoms with Gasteiger partial charge in [-0.05, 0) is 31.7 Å². The average molecular weight is 377 g/mol. The van der Waals surface area contributed by atoms with Gasteiger partial charge in [-0.25, -0.2) is 9.78 Å². The van der Waals surface area contributed by atoms with E-state index in [1.807, 2.05) is 17.0 Å². The maximum absolute atomic E-state index is 12.8. The normalized spacial score (nSPS) is 20.3. The molecule has 0 aromatic carbocycles. The van der Waals surface area contributed by atoms with Crippen LogP contribution >= 0.6 is 0 Å². The van der Waals surface area contributed by atoms with Gasteiger partial charge < -0.3 is 24.6 Å². The van der Waals surface area contributed by atoms with Crippen LogP contribution in [0.3, 0.4) is 0 Å². The van der Waals surface area contributed by atoms with E-state index in [0.717, 1.165) is 56.9 Å². The van der Waals surface area contributed by atoms with Crippen molar-refractivity contribution in [2.45, 2.75) is 45.3 Å². The zero-order valence-corrected chi connectivity index (χ0v) is 16.4.